The summed E-state index contributed by atoms with van der Waals surface area (Å²) >= 11 is 12.3. The third kappa shape index (κ3) is 3.07. The molecule has 2 nitrogen and oxygen atoms in total. The summed E-state index contributed by atoms with van der Waals surface area (Å²) in [6.45, 7) is 0. The molecule has 4 heteroatoms. The summed E-state index contributed by atoms with van der Waals surface area (Å²) in [7, 11) is 1.59. The molecule has 0 atom stereocenters. The summed E-state index contributed by atoms with van der Waals surface area (Å²) in [4.78, 5) is 0. The number of ether oxygens (including phenoxy) is 2. The molecule has 0 aliphatic heterocycles. The van der Waals surface area contributed by atoms with Gasteiger partial charge in [-0.05, 0) is 23.6 Å². The van der Waals surface area contributed by atoms with Crippen LogP contribution in [0.15, 0.2) is 54.6 Å². The maximum atomic E-state index is 6.29. The molecule has 0 amide bonds. The van der Waals surface area contributed by atoms with Crippen LogP contribution in [0.3, 0.4) is 0 Å². The average Bonchev–Trinajstić information content (AvgIpc) is 2.46. The van der Waals surface area contributed by atoms with Gasteiger partial charge in [-0.2, -0.15) is 0 Å². The Morgan fingerprint density at radius 2 is 1.52 bits per heavy atom. The first kappa shape index (κ1) is 14.1. The highest BCUT2D eigenvalue weighted by atomic mass is 35.5. The Morgan fingerprint density at radius 1 is 0.810 bits per heavy atom. The minimum atomic E-state index is 0.552. The molecule has 3 rings (SSSR count). The van der Waals surface area contributed by atoms with Crippen molar-refractivity contribution in [1.82, 2.24) is 0 Å². The molecule has 0 saturated heterocycles. The van der Waals surface area contributed by atoms with E-state index < -0.39 is 0 Å². The van der Waals surface area contributed by atoms with Crippen molar-refractivity contribution < 1.29 is 9.47 Å². The van der Waals surface area contributed by atoms with E-state index in [1.54, 1.807) is 31.4 Å². The van der Waals surface area contributed by atoms with Gasteiger partial charge >= 0.3 is 0 Å². The van der Waals surface area contributed by atoms with Gasteiger partial charge in [0.15, 0.2) is 0 Å². The summed E-state index contributed by atoms with van der Waals surface area (Å²) in [6.07, 6.45) is 0. The first-order valence-corrected chi connectivity index (χ1v) is 7.12. The second kappa shape index (κ2) is 5.84. The minimum absolute atomic E-state index is 0.552. The van der Waals surface area contributed by atoms with Gasteiger partial charge in [-0.1, -0.05) is 47.5 Å². The number of hydrogen-bond donors (Lipinski definition) is 0. The lowest BCUT2D eigenvalue weighted by molar-refractivity contribution is 0.409. The van der Waals surface area contributed by atoms with Crippen LogP contribution in [0.4, 0.5) is 0 Å². The van der Waals surface area contributed by atoms with Crippen LogP contribution in [0.2, 0.25) is 10.0 Å². The molecular weight excluding hydrogens is 307 g/mol. The van der Waals surface area contributed by atoms with Gasteiger partial charge in [-0.25, -0.2) is 0 Å². The molecule has 106 valence electrons. The largest absolute Gasteiger partial charge is 0.497 e. The highest BCUT2D eigenvalue weighted by Crippen LogP contribution is 2.34. The highest BCUT2D eigenvalue weighted by molar-refractivity contribution is 6.35. The molecule has 0 aliphatic carbocycles. The van der Waals surface area contributed by atoms with E-state index in [9.17, 15) is 0 Å². The Labute approximate surface area is 132 Å². The molecule has 0 aliphatic rings. The summed E-state index contributed by atoms with van der Waals surface area (Å²) in [5.74, 6) is 1.90. The summed E-state index contributed by atoms with van der Waals surface area (Å²) in [6, 6.07) is 16.8. The first-order valence-electron chi connectivity index (χ1n) is 6.36. The van der Waals surface area contributed by atoms with E-state index in [1.807, 2.05) is 30.3 Å². The van der Waals surface area contributed by atoms with Crippen LogP contribution in [0.25, 0.3) is 10.8 Å². The zero-order valence-corrected chi connectivity index (χ0v) is 12.8. The molecule has 0 N–H and O–H groups in total. The van der Waals surface area contributed by atoms with Gasteiger partial charge < -0.3 is 9.47 Å². The molecule has 0 fully saturated rings. The zero-order valence-electron chi connectivity index (χ0n) is 11.3. The molecule has 3 aromatic rings. The molecule has 0 spiro atoms. The van der Waals surface area contributed by atoms with Crippen LogP contribution in [-0.4, -0.2) is 7.11 Å². The maximum absolute atomic E-state index is 6.29. The van der Waals surface area contributed by atoms with Crippen molar-refractivity contribution in [3.63, 3.8) is 0 Å². The van der Waals surface area contributed by atoms with Crippen LogP contribution < -0.4 is 9.47 Å². The first-order chi connectivity index (χ1) is 10.2. The van der Waals surface area contributed by atoms with E-state index in [0.29, 0.717) is 27.3 Å². The molecule has 0 bridgehead atoms. The third-order valence-corrected chi connectivity index (χ3v) is 3.63. The van der Waals surface area contributed by atoms with Crippen LogP contribution in [-0.2, 0) is 0 Å². The van der Waals surface area contributed by atoms with E-state index >= 15 is 0 Å². The van der Waals surface area contributed by atoms with Crippen LogP contribution in [0.5, 0.6) is 17.2 Å². The van der Waals surface area contributed by atoms with Gasteiger partial charge in [0.1, 0.15) is 17.2 Å². The van der Waals surface area contributed by atoms with Crippen molar-refractivity contribution >= 4 is 34.0 Å². The number of fused-ring (bicyclic) bond motifs is 1. The SMILES string of the molecule is COc1cc(Cl)cc(Oc2cc(Cl)c3ccccc3c2)c1. The van der Waals surface area contributed by atoms with Crippen molar-refractivity contribution in [3.8, 4) is 17.2 Å². The number of methoxy groups -OCH3 is 1. The Balaban J connectivity index is 2.00. The fraction of sp³-hybridized carbons (Fsp3) is 0.0588. The van der Waals surface area contributed by atoms with E-state index in [4.69, 9.17) is 32.7 Å². The van der Waals surface area contributed by atoms with E-state index in [0.717, 1.165) is 10.8 Å². The van der Waals surface area contributed by atoms with Crippen molar-refractivity contribution in [3.05, 3.63) is 64.6 Å². The maximum Gasteiger partial charge on any atom is 0.132 e. The number of rotatable bonds is 3. The molecule has 0 unspecified atom stereocenters. The lowest BCUT2D eigenvalue weighted by atomic mass is 10.1. The van der Waals surface area contributed by atoms with Crippen LogP contribution in [0, 0.1) is 0 Å². The fourth-order valence-electron chi connectivity index (χ4n) is 2.15. The van der Waals surface area contributed by atoms with Crippen molar-refractivity contribution in [1.29, 1.82) is 0 Å². The lowest BCUT2D eigenvalue weighted by Gasteiger charge is -2.10. The second-order valence-electron chi connectivity index (χ2n) is 4.56. The van der Waals surface area contributed by atoms with Gasteiger partial charge in [0.05, 0.1) is 12.1 Å². The Bertz CT molecular complexity index is 800. The molecule has 0 heterocycles. The molecular formula is C17H12Cl2O2. The minimum Gasteiger partial charge on any atom is -0.497 e. The lowest BCUT2D eigenvalue weighted by Crippen LogP contribution is -1.88. The van der Waals surface area contributed by atoms with Gasteiger partial charge in [0.25, 0.3) is 0 Å². The van der Waals surface area contributed by atoms with Gasteiger partial charge in [-0.3, -0.25) is 0 Å². The molecule has 0 radical (unpaired) electrons. The van der Waals surface area contributed by atoms with Gasteiger partial charge in [0.2, 0.25) is 0 Å². The summed E-state index contributed by atoms with van der Waals surface area (Å²) in [5.41, 5.74) is 0. The average molecular weight is 319 g/mol. The quantitative estimate of drug-likeness (QED) is 0.594. The van der Waals surface area contributed by atoms with E-state index in [2.05, 4.69) is 0 Å². The Kier molecular flexibility index (Phi) is 3.91. The highest BCUT2D eigenvalue weighted by Gasteiger charge is 2.06. The van der Waals surface area contributed by atoms with Crippen molar-refractivity contribution in [2.75, 3.05) is 7.11 Å². The number of halogens is 2. The fourth-order valence-corrected chi connectivity index (χ4v) is 2.64. The molecule has 0 aromatic heterocycles. The normalized spacial score (nSPS) is 10.6. The number of benzene rings is 3. The second-order valence-corrected chi connectivity index (χ2v) is 5.40. The van der Waals surface area contributed by atoms with E-state index in [1.165, 1.54) is 0 Å². The monoisotopic (exact) mass is 318 g/mol. The third-order valence-electron chi connectivity index (χ3n) is 3.10. The van der Waals surface area contributed by atoms with Gasteiger partial charge in [0, 0.05) is 22.5 Å². The predicted octanol–water partition coefficient (Wildman–Crippen LogP) is 5.95. The summed E-state index contributed by atoms with van der Waals surface area (Å²) < 4.78 is 11.0. The smallest absolute Gasteiger partial charge is 0.132 e. The molecule has 3 aromatic carbocycles. The van der Waals surface area contributed by atoms with Crippen LogP contribution in [0.1, 0.15) is 0 Å². The van der Waals surface area contributed by atoms with Crippen LogP contribution >= 0.6 is 23.2 Å². The predicted molar refractivity (Wildman–Crippen MR) is 87.0 cm³/mol. The Morgan fingerprint density at radius 3 is 2.33 bits per heavy atom. The molecule has 0 saturated carbocycles. The van der Waals surface area contributed by atoms with Crippen molar-refractivity contribution in [2.24, 2.45) is 0 Å². The zero-order chi connectivity index (χ0) is 14.8. The van der Waals surface area contributed by atoms with Gasteiger partial charge in [-0.15, -0.1) is 0 Å². The molecule has 21 heavy (non-hydrogen) atoms. The van der Waals surface area contributed by atoms with E-state index in [-0.39, 0.29) is 0 Å². The van der Waals surface area contributed by atoms with Crippen molar-refractivity contribution in [2.45, 2.75) is 0 Å². The Hall–Kier alpha value is -1.90. The summed E-state index contributed by atoms with van der Waals surface area (Å²) in [5, 5.41) is 3.22. The number of hydrogen-bond acceptors (Lipinski definition) is 2. The standard InChI is InChI=1S/C17H12Cl2O2/c1-20-13-7-12(18)8-15(9-13)21-14-6-11-4-2-3-5-16(11)17(19)10-14/h2-10H,1H3. The topological polar surface area (TPSA) is 18.5 Å².